The average Bonchev–Trinajstić information content (AvgIpc) is 2.15. The van der Waals surface area contributed by atoms with E-state index in [0.29, 0.717) is 0 Å². The average molecular weight is 270 g/mol. The van der Waals surface area contributed by atoms with Gasteiger partial charge in [0.15, 0.2) is 5.78 Å². The van der Waals surface area contributed by atoms with E-state index in [9.17, 15) is 4.79 Å². The summed E-state index contributed by atoms with van der Waals surface area (Å²) < 4.78 is 0. The van der Waals surface area contributed by atoms with Gasteiger partial charge >= 0.3 is 0 Å². The van der Waals surface area contributed by atoms with E-state index in [-0.39, 0.29) is 25.7 Å². The molecule has 0 amide bonds. The molecule has 0 aliphatic carbocycles. The number of ketones is 1. The highest BCUT2D eigenvalue weighted by Gasteiger charge is 2.17. The first-order chi connectivity index (χ1) is 6.49. The summed E-state index contributed by atoms with van der Waals surface area (Å²) in [6.45, 7) is 3.33. The molecule has 1 aromatic rings. The molecule has 5 heteroatoms. The number of rotatable bonds is 2. The molecule has 0 radical (unpaired) electrons. The Morgan fingerprint density at radius 1 is 1.14 bits per heavy atom. The summed E-state index contributed by atoms with van der Waals surface area (Å²) in [7, 11) is 0. The molecule has 0 aliphatic rings. The molecule has 0 N–H and O–H groups in total. The van der Waals surface area contributed by atoms with Crippen molar-refractivity contribution in [3.63, 3.8) is 0 Å². The molecule has 14 heavy (non-hydrogen) atoms. The van der Waals surface area contributed by atoms with E-state index < -0.39 is 5.78 Å². The van der Waals surface area contributed by atoms with Crippen LogP contribution in [0, 0.1) is 0 Å². The van der Waals surface area contributed by atoms with Gasteiger partial charge in [-0.25, -0.2) is 0 Å². The van der Waals surface area contributed by atoms with Crippen molar-refractivity contribution < 1.29 is 4.79 Å². The zero-order chi connectivity index (χ0) is 10.9. The highest BCUT2D eigenvalue weighted by atomic mass is 35.5. The summed E-state index contributed by atoms with van der Waals surface area (Å²) in [6.07, 6.45) is 1.10. The topological polar surface area (TPSA) is 17.1 Å². The largest absolute Gasteiger partial charge is 0.289 e. The molecule has 1 aromatic carbocycles. The normalized spacial score (nSPS) is 10.0. The number of halogens is 4. The van der Waals surface area contributed by atoms with Crippen molar-refractivity contribution >= 4 is 52.2 Å². The molecular formula is C9H4Cl4O. The summed E-state index contributed by atoms with van der Waals surface area (Å²) in [6, 6.07) is 1.38. The molecule has 0 saturated heterocycles. The first-order valence-electron chi connectivity index (χ1n) is 3.48. The van der Waals surface area contributed by atoms with Gasteiger partial charge in [-0.1, -0.05) is 53.0 Å². The van der Waals surface area contributed by atoms with Crippen molar-refractivity contribution in [2.45, 2.75) is 0 Å². The molecule has 0 aliphatic heterocycles. The smallest absolute Gasteiger partial charge is 0.188 e. The van der Waals surface area contributed by atoms with Crippen LogP contribution in [-0.2, 0) is 0 Å². The van der Waals surface area contributed by atoms with Crippen molar-refractivity contribution in [3.05, 3.63) is 44.4 Å². The SMILES string of the molecule is C=CC(=O)c1c(Cl)c(Cl)cc(Cl)c1Cl. The van der Waals surface area contributed by atoms with Crippen LogP contribution in [0.25, 0.3) is 0 Å². The molecule has 0 atom stereocenters. The minimum absolute atomic E-state index is 0.0841. The quantitative estimate of drug-likeness (QED) is 0.433. The third-order valence-electron chi connectivity index (χ3n) is 1.54. The zero-order valence-electron chi connectivity index (χ0n) is 6.78. The Bertz CT molecular complexity index is 386. The standard InChI is InChI=1S/C9H4Cl4O/c1-2-6(14)7-8(12)4(10)3-5(11)9(7)13/h2-3H,1H2. The summed E-state index contributed by atoms with van der Waals surface area (Å²) in [5, 5.41) is 0.550. The Kier molecular flexibility index (Phi) is 3.85. The maximum Gasteiger partial charge on any atom is 0.188 e. The Hall–Kier alpha value is -0.210. The molecule has 1 nitrogen and oxygen atoms in total. The van der Waals surface area contributed by atoms with Crippen LogP contribution in [0.5, 0.6) is 0 Å². The van der Waals surface area contributed by atoms with E-state index >= 15 is 0 Å². The molecule has 0 fully saturated rings. The molecular weight excluding hydrogens is 266 g/mol. The van der Waals surface area contributed by atoms with Gasteiger partial charge in [-0.05, 0) is 12.1 Å². The monoisotopic (exact) mass is 268 g/mol. The van der Waals surface area contributed by atoms with Gasteiger partial charge in [-0.2, -0.15) is 0 Å². The number of allylic oxidation sites excluding steroid dienone is 1. The van der Waals surface area contributed by atoms with Gasteiger partial charge in [0.2, 0.25) is 0 Å². The molecule has 0 saturated carbocycles. The van der Waals surface area contributed by atoms with Crippen LogP contribution in [0.3, 0.4) is 0 Å². The lowest BCUT2D eigenvalue weighted by atomic mass is 10.1. The number of benzene rings is 1. The molecule has 0 bridgehead atoms. The molecule has 0 heterocycles. The van der Waals surface area contributed by atoms with E-state index in [2.05, 4.69) is 6.58 Å². The lowest BCUT2D eigenvalue weighted by Crippen LogP contribution is -1.97. The van der Waals surface area contributed by atoms with E-state index in [0.717, 1.165) is 6.08 Å². The summed E-state index contributed by atoms with van der Waals surface area (Å²) in [5.41, 5.74) is 0.0841. The lowest BCUT2D eigenvalue weighted by molar-refractivity contribution is 0.104. The van der Waals surface area contributed by atoms with Crippen LogP contribution in [0.1, 0.15) is 10.4 Å². The number of carbonyl (C=O) groups excluding carboxylic acids is 1. The minimum Gasteiger partial charge on any atom is -0.289 e. The first-order valence-corrected chi connectivity index (χ1v) is 5.00. The van der Waals surface area contributed by atoms with Crippen LogP contribution in [0.15, 0.2) is 18.7 Å². The second-order valence-corrected chi connectivity index (χ2v) is 3.98. The number of hydrogen-bond acceptors (Lipinski definition) is 1. The second kappa shape index (κ2) is 4.54. The minimum atomic E-state index is -0.413. The molecule has 0 unspecified atom stereocenters. The molecule has 0 aromatic heterocycles. The summed E-state index contributed by atoms with van der Waals surface area (Å²) in [4.78, 5) is 11.4. The van der Waals surface area contributed by atoms with E-state index in [1.807, 2.05) is 0 Å². The van der Waals surface area contributed by atoms with Crippen molar-refractivity contribution in [2.24, 2.45) is 0 Å². The van der Waals surface area contributed by atoms with Crippen LogP contribution in [0.4, 0.5) is 0 Å². The Labute approximate surface area is 101 Å². The maximum atomic E-state index is 11.4. The Morgan fingerprint density at radius 3 is 1.93 bits per heavy atom. The fourth-order valence-corrected chi connectivity index (χ4v) is 1.89. The van der Waals surface area contributed by atoms with Gasteiger partial charge in [0.25, 0.3) is 0 Å². The van der Waals surface area contributed by atoms with Crippen molar-refractivity contribution in [3.8, 4) is 0 Å². The van der Waals surface area contributed by atoms with Gasteiger partial charge in [0, 0.05) is 0 Å². The molecule has 1 rings (SSSR count). The van der Waals surface area contributed by atoms with Gasteiger partial charge in [-0.3, -0.25) is 4.79 Å². The van der Waals surface area contributed by atoms with Crippen molar-refractivity contribution in [1.82, 2.24) is 0 Å². The van der Waals surface area contributed by atoms with Crippen LogP contribution in [-0.4, -0.2) is 5.78 Å². The van der Waals surface area contributed by atoms with Crippen LogP contribution >= 0.6 is 46.4 Å². The summed E-state index contributed by atoms with van der Waals surface area (Å²) >= 11 is 23.1. The summed E-state index contributed by atoms with van der Waals surface area (Å²) in [5.74, 6) is -0.413. The van der Waals surface area contributed by atoms with E-state index in [1.165, 1.54) is 6.07 Å². The van der Waals surface area contributed by atoms with Gasteiger partial charge in [-0.15, -0.1) is 0 Å². The molecule has 74 valence electrons. The highest BCUT2D eigenvalue weighted by molar-refractivity contribution is 6.50. The lowest BCUT2D eigenvalue weighted by Gasteiger charge is -2.06. The second-order valence-electron chi connectivity index (χ2n) is 2.41. The van der Waals surface area contributed by atoms with Gasteiger partial charge in [0.1, 0.15) is 0 Å². The Balaban J connectivity index is 3.54. The number of carbonyl (C=O) groups is 1. The maximum absolute atomic E-state index is 11.4. The first kappa shape index (κ1) is 11.9. The Morgan fingerprint density at radius 2 is 1.57 bits per heavy atom. The number of hydrogen-bond donors (Lipinski definition) is 0. The van der Waals surface area contributed by atoms with E-state index in [1.54, 1.807) is 0 Å². The van der Waals surface area contributed by atoms with Gasteiger partial charge < -0.3 is 0 Å². The van der Waals surface area contributed by atoms with Crippen LogP contribution in [0.2, 0.25) is 20.1 Å². The molecule has 0 spiro atoms. The van der Waals surface area contributed by atoms with Crippen molar-refractivity contribution in [1.29, 1.82) is 0 Å². The van der Waals surface area contributed by atoms with Gasteiger partial charge in [0.05, 0.1) is 25.7 Å². The zero-order valence-corrected chi connectivity index (χ0v) is 9.81. The third kappa shape index (κ3) is 2.06. The predicted molar refractivity (Wildman–Crippen MR) is 61.0 cm³/mol. The predicted octanol–water partition coefficient (Wildman–Crippen LogP) is 4.67. The highest BCUT2D eigenvalue weighted by Crippen LogP contribution is 2.37. The fraction of sp³-hybridized carbons (Fsp3) is 0. The van der Waals surface area contributed by atoms with Crippen molar-refractivity contribution in [2.75, 3.05) is 0 Å². The van der Waals surface area contributed by atoms with E-state index in [4.69, 9.17) is 46.4 Å². The third-order valence-corrected chi connectivity index (χ3v) is 3.12. The van der Waals surface area contributed by atoms with Crippen LogP contribution < -0.4 is 0 Å². The fourth-order valence-electron chi connectivity index (χ4n) is 0.892.